The van der Waals surface area contributed by atoms with E-state index in [9.17, 15) is 8.42 Å². The van der Waals surface area contributed by atoms with Crippen LogP contribution in [0.2, 0.25) is 0 Å². The Hall–Kier alpha value is -2.52. The van der Waals surface area contributed by atoms with Crippen molar-refractivity contribution in [2.75, 3.05) is 31.1 Å². The van der Waals surface area contributed by atoms with E-state index in [1.54, 1.807) is 30.6 Å². The molecule has 1 aromatic carbocycles. The minimum atomic E-state index is -3.55. The molecule has 1 N–H and O–H groups in total. The molecule has 0 atom stereocenters. The van der Waals surface area contributed by atoms with Crippen molar-refractivity contribution in [2.45, 2.75) is 4.90 Å². The van der Waals surface area contributed by atoms with E-state index in [2.05, 4.69) is 20.2 Å². The molecule has 2 aromatic heterocycles. The Balaban J connectivity index is 1.62. The number of aromatic amines is 1. The molecule has 1 aliphatic rings. The minimum absolute atomic E-state index is 0.329. The van der Waals surface area contributed by atoms with Crippen LogP contribution in [0, 0.1) is 0 Å². The molecule has 0 radical (unpaired) electrons. The largest absolute Gasteiger partial charge is 0.339 e. The summed E-state index contributed by atoms with van der Waals surface area (Å²) in [5, 5.41) is 8.16. The molecular weight excluding hydrogens is 328 g/mol. The lowest BCUT2D eigenvalue weighted by atomic mass is 10.2. The highest BCUT2D eigenvalue weighted by Gasteiger charge is 2.30. The second-order valence-corrected chi connectivity index (χ2v) is 7.46. The molecule has 0 bridgehead atoms. The highest BCUT2D eigenvalue weighted by Crippen LogP contribution is 2.26. The lowest BCUT2D eigenvalue weighted by Crippen LogP contribution is -2.49. The number of nitrogens with zero attached hydrogens (tertiary/aromatic N) is 5. The third-order valence-corrected chi connectivity index (χ3v) is 6.16. The highest BCUT2D eigenvalue weighted by atomic mass is 32.2. The van der Waals surface area contributed by atoms with E-state index >= 15 is 0 Å². The van der Waals surface area contributed by atoms with Crippen LogP contribution in [-0.2, 0) is 10.0 Å². The number of sulfonamides is 1. The lowest BCUT2D eigenvalue weighted by Gasteiger charge is -2.33. The van der Waals surface area contributed by atoms with Gasteiger partial charge in [0.25, 0.3) is 0 Å². The SMILES string of the molecule is O=S(=O)(c1cccc2cnccc12)N1CCN(c2ncn[nH]2)CC1. The van der Waals surface area contributed by atoms with Gasteiger partial charge in [-0.05, 0) is 12.1 Å². The van der Waals surface area contributed by atoms with Crippen LogP contribution >= 0.6 is 0 Å². The quantitative estimate of drug-likeness (QED) is 0.757. The third kappa shape index (κ3) is 2.51. The van der Waals surface area contributed by atoms with Crippen LogP contribution in [-0.4, -0.2) is 59.1 Å². The summed E-state index contributed by atoms with van der Waals surface area (Å²) >= 11 is 0. The molecule has 0 unspecified atom stereocenters. The summed E-state index contributed by atoms with van der Waals surface area (Å²) in [5.74, 6) is 0.670. The maximum Gasteiger partial charge on any atom is 0.243 e. The Bertz CT molecular complexity index is 944. The maximum atomic E-state index is 13.0. The molecule has 0 aliphatic carbocycles. The number of piperazine rings is 1. The zero-order valence-electron chi connectivity index (χ0n) is 12.8. The van der Waals surface area contributed by atoms with Gasteiger partial charge in [-0.3, -0.25) is 4.98 Å². The Morgan fingerprint density at radius 1 is 1.08 bits per heavy atom. The lowest BCUT2D eigenvalue weighted by molar-refractivity contribution is 0.383. The standard InChI is InChI=1S/C15H16N6O2S/c22-24(23,14-3-1-2-12-10-16-5-4-13(12)14)21-8-6-20(7-9-21)15-17-11-18-19-15/h1-5,10-11H,6-9H2,(H,17,18,19). The van der Waals surface area contributed by atoms with E-state index in [4.69, 9.17) is 0 Å². The number of benzene rings is 1. The third-order valence-electron chi connectivity index (χ3n) is 4.20. The number of rotatable bonds is 3. The van der Waals surface area contributed by atoms with Gasteiger partial charge in [-0.1, -0.05) is 12.1 Å². The zero-order chi connectivity index (χ0) is 16.6. The summed E-state index contributed by atoms with van der Waals surface area (Å²) in [4.78, 5) is 10.5. The molecule has 24 heavy (non-hydrogen) atoms. The van der Waals surface area contributed by atoms with Gasteiger partial charge in [-0.2, -0.15) is 14.4 Å². The molecule has 8 nitrogen and oxygen atoms in total. The fourth-order valence-corrected chi connectivity index (χ4v) is 4.59. The van der Waals surface area contributed by atoms with Gasteiger partial charge in [-0.15, -0.1) is 0 Å². The molecule has 0 amide bonds. The molecule has 4 rings (SSSR count). The van der Waals surface area contributed by atoms with Crippen LogP contribution in [0.3, 0.4) is 0 Å². The Morgan fingerprint density at radius 3 is 2.67 bits per heavy atom. The van der Waals surface area contributed by atoms with Crippen LogP contribution < -0.4 is 4.90 Å². The Morgan fingerprint density at radius 2 is 1.92 bits per heavy atom. The summed E-state index contributed by atoms with van der Waals surface area (Å²) in [6, 6.07) is 7.01. The van der Waals surface area contributed by atoms with Gasteiger partial charge in [0, 0.05) is 49.3 Å². The van der Waals surface area contributed by atoms with E-state index in [0.717, 1.165) is 5.39 Å². The van der Waals surface area contributed by atoms with E-state index in [1.165, 1.54) is 10.6 Å². The van der Waals surface area contributed by atoms with Crippen molar-refractivity contribution in [3.05, 3.63) is 43.0 Å². The van der Waals surface area contributed by atoms with Gasteiger partial charge >= 0.3 is 0 Å². The van der Waals surface area contributed by atoms with Crippen LogP contribution in [0.5, 0.6) is 0 Å². The van der Waals surface area contributed by atoms with Crippen molar-refractivity contribution in [3.8, 4) is 0 Å². The summed E-state index contributed by atoms with van der Waals surface area (Å²) in [6.07, 6.45) is 4.74. The van der Waals surface area contributed by atoms with Gasteiger partial charge in [-0.25, -0.2) is 13.5 Å². The molecule has 3 heterocycles. The first-order valence-electron chi connectivity index (χ1n) is 7.59. The van der Waals surface area contributed by atoms with Crippen LogP contribution in [0.4, 0.5) is 5.95 Å². The van der Waals surface area contributed by atoms with Gasteiger partial charge in [0.15, 0.2) is 0 Å². The van der Waals surface area contributed by atoms with E-state index in [0.29, 0.717) is 42.4 Å². The molecule has 1 fully saturated rings. The first kappa shape index (κ1) is 15.0. The Kier molecular flexibility index (Phi) is 3.66. The summed E-state index contributed by atoms with van der Waals surface area (Å²) in [7, 11) is -3.55. The number of aromatic nitrogens is 4. The molecule has 1 aliphatic heterocycles. The maximum absolute atomic E-state index is 13.0. The van der Waals surface area contributed by atoms with Gasteiger partial charge in [0.2, 0.25) is 16.0 Å². The average Bonchev–Trinajstić information content (AvgIpc) is 3.16. The van der Waals surface area contributed by atoms with Crippen molar-refractivity contribution >= 4 is 26.7 Å². The smallest absolute Gasteiger partial charge is 0.243 e. The number of pyridine rings is 1. The van der Waals surface area contributed by atoms with E-state index in [1.807, 2.05) is 11.0 Å². The first-order valence-corrected chi connectivity index (χ1v) is 9.03. The topological polar surface area (TPSA) is 95.1 Å². The number of anilines is 1. The second kappa shape index (κ2) is 5.84. The van der Waals surface area contributed by atoms with Crippen LogP contribution in [0.1, 0.15) is 0 Å². The number of hydrogen-bond acceptors (Lipinski definition) is 6. The molecular formula is C15H16N6O2S. The summed E-state index contributed by atoms with van der Waals surface area (Å²) in [6.45, 7) is 1.95. The normalized spacial score (nSPS) is 16.6. The predicted octanol–water partition coefficient (Wildman–Crippen LogP) is 0.864. The van der Waals surface area contributed by atoms with Crippen molar-refractivity contribution in [2.24, 2.45) is 0 Å². The molecule has 3 aromatic rings. The fraction of sp³-hybridized carbons (Fsp3) is 0.267. The number of H-pyrrole nitrogens is 1. The minimum Gasteiger partial charge on any atom is -0.339 e. The molecule has 9 heteroatoms. The highest BCUT2D eigenvalue weighted by molar-refractivity contribution is 7.89. The number of hydrogen-bond donors (Lipinski definition) is 1. The summed E-state index contributed by atoms with van der Waals surface area (Å²) < 4.78 is 27.6. The van der Waals surface area contributed by atoms with Crippen molar-refractivity contribution in [3.63, 3.8) is 0 Å². The Labute approximate surface area is 139 Å². The van der Waals surface area contributed by atoms with Crippen LogP contribution in [0.25, 0.3) is 10.8 Å². The fourth-order valence-electron chi connectivity index (χ4n) is 2.95. The first-order chi connectivity index (χ1) is 11.7. The number of fused-ring (bicyclic) bond motifs is 1. The predicted molar refractivity (Wildman–Crippen MR) is 89.1 cm³/mol. The average molecular weight is 344 g/mol. The van der Waals surface area contributed by atoms with Crippen molar-refractivity contribution in [1.29, 1.82) is 0 Å². The molecule has 0 saturated carbocycles. The molecule has 1 saturated heterocycles. The van der Waals surface area contributed by atoms with Crippen LogP contribution in [0.15, 0.2) is 47.9 Å². The zero-order valence-corrected chi connectivity index (χ0v) is 13.6. The van der Waals surface area contributed by atoms with E-state index in [-0.39, 0.29) is 0 Å². The van der Waals surface area contributed by atoms with Gasteiger partial charge < -0.3 is 4.90 Å². The van der Waals surface area contributed by atoms with Gasteiger partial charge in [0.1, 0.15) is 6.33 Å². The second-order valence-electron chi connectivity index (χ2n) is 5.55. The van der Waals surface area contributed by atoms with Crippen molar-refractivity contribution in [1.82, 2.24) is 24.5 Å². The molecule has 124 valence electrons. The number of nitrogens with one attached hydrogen (secondary N) is 1. The van der Waals surface area contributed by atoms with Gasteiger partial charge in [0.05, 0.1) is 4.90 Å². The molecule has 0 spiro atoms. The summed E-state index contributed by atoms with van der Waals surface area (Å²) in [5.41, 5.74) is 0. The van der Waals surface area contributed by atoms with E-state index < -0.39 is 10.0 Å². The van der Waals surface area contributed by atoms with Crippen molar-refractivity contribution < 1.29 is 8.42 Å². The monoisotopic (exact) mass is 344 g/mol.